The van der Waals surface area contributed by atoms with Crippen LogP contribution in [0.5, 0.6) is 0 Å². The third kappa shape index (κ3) is 6.57. The molecule has 5 nitrogen and oxygen atoms in total. The highest BCUT2D eigenvalue weighted by atomic mass is 16.2. The fourth-order valence-electron chi connectivity index (χ4n) is 5.06. The molecule has 2 aliphatic rings. The first-order chi connectivity index (χ1) is 15.5. The van der Waals surface area contributed by atoms with Crippen LogP contribution < -0.4 is 5.32 Å². The summed E-state index contributed by atoms with van der Waals surface area (Å²) in [5.74, 6) is 1.26. The topological polar surface area (TPSA) is 52.7 Å². The van der Waals surface area contributed by atoms with Gasteiger partial charge in [-0.1, -0.05) is 58.6 Å². The van der Waals surface area contributed by atoms with Crippen molar-refractivity contribution in [2.24, 2.45) is 11.8 Å². The highest BCUT2D eigenvalue weighted by Gasteiger charge is 2.37. The largest absolute Gasteiger partial charge is 0.354 e. The predicted octanol–water partition coefficient (Wildman–Crippen LogP) is 4.51. The minimum Gasteiger partial charge on any atom is -0.354 e. The molecule has 1 aliphatic heterocycles. The van der Waals surface area contributed by atoms with Gasteiger partial charge in [0.1, 0.15) is 0 Å². The Morgan fingerprint density at radius 3 is 2.28 bits per heavy atom. The summed E-state index contributed by atoms with van der Waals surface area (Å²) in [7, 11) is 0. The molecule has 1 aromatic carbocycles. The van der Waals surface area contributed by atoms with Crippen molar-refractivity contribution in [2.75, 3.05) is 32.7 Å². The van der Waals surface area contributed by atoms with Crippen LogP contribution in [0.25, 0.3) is 0 Å². The van der Waals surface area contributed by atoms with Crippen LogP contribution in [0.3, 0.4) is 0 Å². The maximum atomic E-state index is 13.2. The van der Waals surface area contributed by atoms with Crippen LogP contribution in [0.15, 0.2) is 24.3 Å². The van der Waals surface area contributed by atoms with Crippen LogP contribution in [0, 0.1) is 11.8 Å². The number of hydrogen-bond donors (Lipinski definition) is 1. The Balaban J connectivity index is 1.57. The maximum Gasteiger partial charge on any atom is 0.253 e. The summed E-state index contributed by atoms with van der Waals surface area (Å²) in [6.45, 7) is 10.2. The normalized spacial score (nSPS) is 19.7. The molecule has 2 atom stereocenters. The van der Waals surface area contributed by atoms with Crippen molar-refractivity contribution >= 4 is 11.8 Å². The summed E-state index contributed by atoms with van der Waals surface area (Å²) < 4.78 is 0. The van der Waals surface area contributed by atoms with E-state index in [-0.39, 0.29) is 17.9 Å². The molecule has 0 spiro atoms. The molecule has 2 unspecified atom stereocenters. The minimum atomic E-state index is -0.0448. The number of nitrogens with one attached hydrogen (secondary N) is 1. The Bertz CT molecular complexity index is 719. The number of benzene rings is 1. The van der Waals surface area contributed by atoms with Crippen molar-refractivity contribution < 1.29 is 9.59 Å². The Labute approximate surface area is 194 Å². The molecule has 5 heteroatoms. The van der Waals surface area contributed by atoms with Gasteiger partial charge >= 0.3 is 0 Å². The molecular formula is C27H43N3O2. The van der Waals surface area contributed by atoms with Gasteiger partial charge in [-0.15, -0.1) is 0 Å². The summed E-state index contributed by atoms with van der Waals surface area (Å²) in [5.41, 5.74) is 2.08. The van der Waals surface area contributed by atoms with Crippen LogP contribution in [0.1, 0.15) is 81.6 Å². The van der Waals surface area contributed by atoms with Crippen LogP contribution in [-0.4, -0.2) is 60.4 Å². The van der Waals surface area contributed by atoms with Crippen molar-refractivity contribution in [3.63, 3.8) is 0 Å². The van der Waals surface area contributed by atoms with Crippen molar-refractivity contribution in [3.8, 4) is 0 Å². The van der Waals surface area contributed by atoms with Gasteiger partial charge in [-0.2, -0.15) is 0 Å². The molecular weight excluding hydrogens is 398 g/mol. The second kappa shape index (κ2) is 12.4. The molecule has 3 rings (SSSR count). The zero-order valence-electron chi connectivity index (χ0n) is 20.4. The van der Waals surface area contributed by atoms with Crippen molar-refractivity contribution in [2.45, 2.75) is 78.2 Å². The average Bonchev–Trinajstić information content (AvgIpc) is 3.36. The number of nitrogens with zero attached hydrogens (tertiary/aromatic N) is 2. The van der Waals surface area contributed by atoms with E-state index in [1.54, 1.807) is 0 Å². The third-order valence-electron chi connectivity index (χ3n) is 7.45. The fraction of sp³-hybridized carbons (Fsp3) is 0.704. The second-order valence-corrected chi connectivity index (χ2v) is 9.88. The molecule has 0 radical (unpaired) electrons. The summed E-state index contributed by atoms with van der Waals surface area (Å²) in [4.78, 5) is 30.5. The molecule has 2 amide bonds. The number of unbranched alkanes of at least 4 members (excludes halogenated alkanes) is 1. The first-order valence-electron chi connectivity index (χ1n) is 12.9. The van der Waals surface area contributed by atoms with E-state index in [9.17, 15) is 9.59 Å². The summed E-state index contributed by atoms with van der Waals surface area (Å²) in [6, 6.07) is 8.09. The lowest BCUT2D eigenvalue weighted by molar-refractivity contribution is -0.129. The summed E-state index contributed by atoms with van der Waals surface area (Å²) in [6.07, 6.45) is 9.26. The van der Waals surface area contributed by atoms with Gasteiger partial charge < -0.3 is 10.2 Å². The Kier molecular flexibility index (Phi) is 9.58. The number of piperazine rings is 1. The van der Waals surface area contributed by atoms with E-state index in [0.29, 0.717) is 24.9 Å². The van der Waals surface area contributed by atoms with E-state index < -0.39 is 0 Å². The van der Waals surface area contributed by atoms with Crippen LogP contribution in [0.2, 0.25) is 0 Å². The van der Waals surface area contributed by atoms with E-state index in [2.05, 4.69) is 43.1 Å². The number of hydrogen-bond acceptors (Lipinski definition) is 3. The van der Waals surface area contributed by atoms with Gasteiger partial charge in [0, 0.05) is 38.3 Å². The first-order valence-corrected chi connectivity index (χ1v) is 12.9. The van der Waals surface area contributed by atoms with Gasteiger partial charge in [-0.3, -0.25) is 14.5 Å². The maximum absolute atomic E-state index is 13.2. The van der Waals surface area contributed by atoms with E-state index in [0.717, 1.165) is 50.9 Å². The minimum absolute atomic E-state index is 0.0448. The Morgan fingerprint density at radius 2 is 1.69 bits per heavy atom. The lowest BCUT2D eigenvalue weighted by Crippen LogP contribution is -2.58. The van der Waals surface area contributed by atoms with E-state index in [1.807, 2.05) is 17.0 Å². The van der Waals surface area contributed by atoms with Gasteiger partial charge in [0.05, 0.1) is 6.04 Å². The molecule has 0 bridgehead atoms. The summed E-state index contributed by atoms with van der Waals surface area (Å²) >= 11 is 0. The van der Waals surface area contributed by atoms with E-state index in [1.165, 1.54) is 31.2 Å². The SMILES string of the molecule is CCCCc1ccc(C(=O)N2CCN(C(C(=O)NCC(C)CC)C3CCCC3)CC2)cc1. The Morgan fingerprint density at radius 1 is 1.03 bits per heavy atom. The molecule has 0 aromatic heterocycles. The number of amides is 2. The lowest BCUT2D eigenvalue weighted by atomic mass is 9.94. The Hall–Kier alpha value is -1.88. The number of carbonyl (C=O) groups is 2. The van der Waals surface area contributed by atoms with E-state index >= 15 is 0 Å². The quantitative estimate of drug-likeness (QED) is 0.581. The smallest absolute Gasteiger partial charge is 0.253 e. The van der Waals surface area contributed by atoms with Crippen molar-refractivity contribution in [1.82, 2.24) is 15.1 Å². The molecule has 1 saturated heterocycles. The highest BCUT2D eigenvalue weighted by molar-refractivity contribution is 5.94. The van der Waals surface area contributed by atoms with Crippen LogP contribution in [0.4, 0.5) is 0 Å². The van der Waals surface area contributed by atoms with Gasteiger partial charge in [0.25, 0.3) is 5.91 Å². The van der Waals surface area contributed by atoms with Gasteiger partial charge in [-0.25, -0.2) is 0 Å². The molecule has 1 aliphatic carbocycles. The molecule has 1 saturated carbocycles. The molecule has 2 fully saturated rings. The predicted molar refractivity (Wildman–Crippen MR) is 131 cm³/mol. The van der Waals surface area contributed by atoms with Crippen LogP contribution in [-0.2, 0) is 11.2 Å². The number of aryl methyl sites for hydroxylation is 1. The van der Waals surface area contributed by atoms with Gasteiger partial charge in [0.15, 0.2) is 0 Å². The zero-order valence-corrected chi connectivity index (χ0v) is 20.4. The van der Waals surface area contributed by atoms with Crippen LogP contribution >= 0.6 is 0 Å². The fourth-order valence-corrected chi connectivity index (χ4v) is 5.06. The standard InChI is InChI=1S/C27H43N3O2/c1-4-6-9-22-12-14-24(15-13-22)27(32)30-18-16-29(17-19-30)25(23-10-7-8-11-23)26(31)28-20-21(3)5-2/h12-15,21,23,25H,4-11,16-20H2,1-3H3,(H,28,31). The summed E-state index contributed by atoms with van der Waals surface area (Å²) in [5, 5.41) is 3.23. The number of carbonyl (C=O) groups excluding carboxylic acids is 2. The third-order valence-corrected chi connectivity index (χ3v) is 7.45. The monoisotopic (exact) mass is 441 g/mol. The van der Waals surface area contributed by atoms with Gasteiger partial charge in [-0.05, 0) is 55.2 Å². The molecule has 1 aromatic rings. The van der Waals surface area contributed by atoms with Crippen molar-refractivity contribution in [3.05, 3.63) is 35.4 Å². The zero-order chi connectivity index (χ0) is 22.9. The molecule has 1 N–H and O–H groups in total. The molecule has 32 heavy (non-hydrogen) atoms. The molecule has 178 valence electrons. The molecule has 1 heterocycles. The van der Waals surface area contributed by atoms with E-state index in [4.69, 9.17) is 0 Å². The number of rotatable bonds is 10. The average molecular weight is 442 g/mol. The highest BCUT2D eigenvalue weighted by Crippen LogP contribution is 2.31. The lowest BCUT2D eigenvalue weighted by Gasteiger charge is -2.41. The van der Waals surface area contributed by atoms with Crippen molar-refractivity contribution in [1.29, 1.82) is 0 Å². The first kappa shape index (κ1) is 24.8. The van der Waals surface area contributed by atoms with Gasteiger partial charge in [0.2, 0.25) is 5.91 Å². The second-order valence-electron chi connectivity index (χ2n) is 9.88.